The average Bonchev–Trinajstić information content (AvgIpc) is 2.91. The van der Waals surface area contributed by atoms with E-state index >= 15 is 0 Å². The molecule has 0 aliphatic carbocycles. The number of halogens is 6. The standard InChI is InChI=1S/C20H20BrClF4N4O2/c1-18(2,3)19-5-4-9(30(19)17(31)32)7-29(8-19)15-10-6-11(20(24,25)26)12(21)13(22)14(10)27-16(23)28-15/h6,9H,4-5,7-8H2,1-3H3,(H,31,32). The highest BCUT2D eigenvalue weighted by Gasteiger charge is 2.59. The molecule has 1 amide bonds. The second-order valence-corrected chi connectivity index (χ2v) is 10.4. The lowest BCUT2D eigenvalue weighted by Crippen LogP contribution is -2.68. The summed E-state index contributed by atoms with van der Waals surface area (Å²) in [6.45, 7) is 6.08. The minimum atomic E-state index is -4.71. The third kappa shape index (κ3) is 3.39. The van der Waals surface area contributed by atoms with Gasteiger partial charge in [0.05, 0.1) is 32.2 Å². The molecule has 2 aromatic rings. The smallest absolute Gasteiger partial charge is 0.417 e. The van der Waals surface area contributed by atoms with E-state index < -0.39 is 45.4 Å². The highest BCUT2D eigenvalue weighted by atomic mass is 79.9. The second kappa shape index (κ2) is 7.31. The van der Waals surface area contributed by atoms with Crippen LogP contribution < -0.4 is 4.90 Å². The lowest BCUT2D eigenvalue weighted by molar-refractivity contribution is -0.138. The average molecular weight is 540 g/mol. The van der Waals surface area contributed by atoms with Crippen molar-refractivity contribution in [2.45, 2.75) is 51.4 Å². The monoisotopic (exact) mass is 538 g/mol. The van der Waals surface area contributed by atoms with Crippen molar-refractivity contribution >= 4 is 50.3 Å². The number of benzene rings is 1. The van der Waals surface area contributed by atoms with E-state index in [1.165, 1.54) is 4.90 Å². The van der Waals surface area contributed by atoms with E-state index in [9.17, 15) is 27.5 Å². The van der Waals surface area contributed by atoms with Crippen LogP contribution in [0.2, 0.25) is 5.02 Å². The Morgan fingerprint density at radius 3 is 2.53 bits per heavy atom. The predicted octanol–water partition coefficient (Wildman–Crippen LogP) is 5.95. The Kier molecular flexibility index (Phi) is 5.32. The van der Waals surface area contributed by atoms with Crippen LogP contribution in [0.3, 0.4) is 0 Å². The van der Waals surface area contributed by atoms with Crippen molar-refractivity contribution in [2.75, 3.05) is 18.0 Å². The summed E-state index contributed by atoms with van der Waals surface area (Å²) in [5.74, 6) is -0.0297. The van der Waals surface area contributed by atoms with Crippen LogP contribution in [0.1, 0.15) is 39.2 Å². The van der Waals surface area contributed by atoms with Gasteiger partial charge in [-0.2, -0.15) is 22.5 Å². The highest BCUT2D eigenvalue weighted by molar-refractivity contribution is 9.10. The quantitative estimate of drug-likeness (QED) is 0.358. The van der Waals surface area contributed by atoms with Gasteiger partial charge in [-0.3, -0.25) is 4.90 Å². The van der Waals surface area contributed by atoms with Crippen molar-refractivity contribution in [1.82, 2.24) is 14.9 Å². The minimum absolute atomic E-state index is 0.0297. The van der Waals surface area contributed by atoms with Crippen LogP contribution in [0.4, 0.5) is 28.2 Å². The molecule has 0 saturated carbocycles. The van der Waals surface area contributed by atoms with E-state index in [1.54, 1.807) is 4.90 Å². The Labute approximate surface area is 194 Å². The van der Waals surface area contributed by atoms with Gasteiger partial charge in [-0.15, -0.1) is 0 Å². The normalized spacial score (nSPS) is 23.8. The topological polar surface area (TPSA) is 69.6 Å². The molecule has 2 saturated heterocycles. The molecular weight excluding hydrogens is 520 g/mol. The summed E-state index contributed by atoms with van der Waals surface area (Å²) in [4.78, 5) is 22.7. The van der Waals surface area contributed by atoms with Crippen LogP contribution >= 0.6 is 27.5 Å². The molecule has 32 heavy (non-hydrogen) atoms. The first-order valence-corrected chi connectivity index (χ1v) is 11.0. The fourth-order valence-electron chi connectivity index (χ4n) is 5.05. The molecule has 2 bridgehead atoms. The molecule has 6 nitrogen and oxygen atoms in total. The number of anilines is 1. The van der Waals surface area contributed by atoms with E-state index in [4.69, 9.17) is 11.6 Å². The van der Waals surface area contributed by atoms with Gasteiger partial charge in [-0.05, 0) is 40.3 Å². The number of rotatable bonds is 1. The summed E-state index contributed by atoms with van der Waals surface area (Å²) in [5, 5.41) is 9.48. The van der Waals surface area contributed by atoms with Gasteiger partial charge < -0.3 is 10.0 Å². The molecule has 2 aliphatic rings. The van der Waals surface area contributed by atoms with E-state index in [2.05, 4.69) is 25.9 Å². The maximum Gasteiger partial charge on any atom is 0.417 e. The van der Waals surface area contributed by atoms with Crippen molar-refractivity contribution in [3.8, 4) is 0 Å². The number of nitrogens with zero attached hydrogens (tertiary/aromatic N) is 4. The summed E-state index contributed by atoms with van der Waals surface area (Å²) >= 11 is 9.00. The maximum atomic E-state index is 14.4. The summed E-state index contributed by atoms with van der Waals surface area (Å²) in [6.07, 6.45) is -5.72. The largest absolute Gasteiger partial charge is 0.465 e. The van der Waals surface area contributed by atoms with Crippen molar-refractivity contribution in [2.24, 2.45) is 5.41 Å². The summed E-state index contributed by atoms with van der Waals surface area (Å²) in [6, 6.07) is 0.455. The zero-order valence-electron chi connectivity index (χ0n) is 17.4. The molecule has 1 N–H and O–H groups in total. The first-order valence-electron chi connectivity index (χ1n) is 9.87. The number of aromatic nitrogens is 2. The van der Waals surface area contributed by atoms with Gasteiger partial charge in [-0.1, -0.05) is 32.4 Å². The van der Waals surface area contributed by atoms with Crippen molar-refractivity contribution < 1.29 is 27.5 Å². The van der Waals surface area contributed by atoms with E-state index in [1.807, 2.05) is 20.8 Å². The number of amides is 1. The minimum Gasteiger partial charge on any atom is -0.465 e. The molecule has 12 heteroatoms. The molecule has 0 spiro atoms. The third-order valence-corrected chi connectivity index (χ3v) is 8.05. The maximum absolute atomic E-state index is 14.4. The number of alkyl halides is 3. The molecule has 0 radical (unpaired) electrons. The zero-order valence-corrected chi connectivity index (χ0v) is 19.7. The zero-order chi connectivity index (χ0) is 23.8. The lowest BCUT2D eigenvalue weighted by atomic mass is 9.71. The van der Waals surface area contributed by atoms with Crippen LogP contribution in [0, 0.1) is 11.5 Å². The SMILES string of the molecule is CC(C)(C)C12CCC(CN(c3nc(F)nc4c(Cl)c(Br)c(C(F)(F)F)cc34)C1)N2C(=O)O. The van der Waals surface area contributed by atoms with Crippen molar-refractivity contribution in [1.29, 1.82) is 0 Å². The van der Waals surface area contributed by atoms with E-state index in [0.717, 1.165) is 6.07 Å². The van der Waals surface area contributed by atoms with Gasteiger partial charge in [0.15, 0.2) is 0 Å². The molecule has 4 rings (SSSR count). The predicted molar refractivity (Wildman–Crippen MR) is 114 cm³/mol. The molecule has 2 fully saturated rings. The van der Waals surface area contributed by atoms with Gasteiger partial charge in [-0.25, -0.2) is 9.78 Å². The summed E-state index contributed by atoms with van der Waals surface area (Å²) < 4.78 is 54.8. The number of hydrogen-bond acceptors (Lipinski definition) is 4. The van der Waals surface area contributed by atoms with E-state index in [-0.39, 0.29) is 34.8 Å². The number of carbonyl (C=O) groups is 1. The molecule has 3 heterocycles. The lowest BCUT2D eigenvalue weighted by Gasteiger charge is -2.54. The van der Waals surface area contributed by atoms with Crippen molar-refractivity contribution in [3.05, 3.63) is 27.2 Å². The van der Waals surface area contributed by atoms with Gasteiger partial charge in [0, 0.05) is 18.5 Å². The van der Waals surface area contributed by atoms with Crippen LogP contribution in [-0.4, -0.2) is 50.7 Å². The van der Waals surface area contributed by atoms with Gasteiger partial charge in [0.25, 0.3) is 0 Å². The Morgan fingerprint density at radius 2 is 1.97 bits per heavy atom. The molecule has 1 aromatic carbocycles. The van der Waals surface area contributed by atoms with Gasteiger partial charge in [0.1, 0.15) is 5.82 Å². The Morgan fingerprint density at radius 1 is 1.31 bits per heavy atom. The highest BCUT2D eigenvalue weighted by Crippen LogP contribution is 2.51. The third-order valence-electron chi connectivity index (χ3n) is 6.63. The fraction of sp³-hybridized carbons (Fsp3) is 0.550. The fourth-order valence-corrected chi connectivity index (χ4v) is 5.82. The number of fused-ring (bicyclic) bond motifs is 3. The Hall–Kier alpha value is -1.88. The molecular formula is C20H20BrClF4N4O2. The number of carboxylic acid groups (broad SMARTS) is 1. The molecule has 174 valence electrons. The van der Waals surface area contributed by atoms with E-state index in [0.29, 0.717) is 12.8 Å². The molecule has 2 aliphatic heterocycles. The molecule has 2 atom stereocenters. The second-order valence-electron chi connectivity index (χ2n) is 9.27. The first kappa shape index (κ1) is 23.3. The summed E-state index contributed by atoms with van der Waals surface area (Å²) in [5.41, 5.74) is -2.48. The van der Waals surface area contributed by atoms with Crippen LogP contribution in [-0.2, 0) is 6.18 Å². The van der Waals surface area contributed by atoms with Gasteiger partial charge in [0.2, 0.25) is 0 Å². The summed E-state index contributed by atoms with van der Waals surface area (Å²) in [7, 11) is 0. The van der Waals surface area contributed by atoms with Gasteiger partial charge >= 0.3 is 18.3 Å². The number of hydrogen-bond donors (Lipinski definition) is 1. The van der Waals surface area contributed by atoms with Crippen LogP contribution in [0.25, 0.3) is 10.9 Å². The molecule has 1 aromatic heterocycles. The first-order chi connectivity index (χ1) is 14.7. The van der Waals surface area contributed by atoms with Crippen LogP contribution in [0.15, 0.2) is 10.5 Å². The van der Waals surface area contributed by atoms with Crippen molar-refractivity contribution in [3.63, 3.8) is 0 Å². The van der Waals surface area contributed by atoms with Crippen LogP contribution in [0.5, 0.6) is 0 Å². The Balaban J connectivity index is 1.93. The Bertz CT molecular complexity index is 1120. The number of piperazine rings is 1. The molecule has 2 unspecified atom stereocenters.